The Hall–Kier alpha value is -0.660. The molecule has 18 heavy (non-hydrogen) atoms. The van der Waals surface area contributed by atoms with Gasteiger partial charge in [0, 0.05) is 12.6 Å². The first-order valence-electron chi connectivity index (χ1n) is 5.11. The van der Waals surface area contributed by atoms with Crippen LogP contribution < -0.4 is 0 Å². The first kappa shape index (κ1) is 15.4. The Kier molecular flexibility index (Phi) is 4.74. The van der Waals surface area contributed by atoms with Crippen LogP contribution >= 0.6 is 11.6 Å². The first-order chi connectivity index (χ1) is 8.21. The molecule has 0 saturated heterocycles. The van der Waals surface area contributed by atoms with Gasteiger partial charge in [-0.1, -0.05) is 0 Å². The summed E-state index contributed by atoms with van der Waals surface area (Å²) in [5, 5.41) is 0. The minimum Gasteiger partial charge on any atom is -0.465 e. The average Bonchev–Trinajstić information content (AvgIpc) is 2.52. The molecule has 0 bridgehead atoms. The van der Waals surface area contributed by atoms with Crippen molar-refractivity contribution in [1.82, 2.24) is 4.31 Å². The quantitative estimate of drug-likeness (QED) is 0.785. The lowest BCUT2D eigenvalue weighted by molar-refractivity contribution is 0.126. The third kappa shape index (κ3) is 2.84. The zero-order valence-corrected chi connectivity index (χ0v) is 11.8. The molecule has 1 heterocycles. The van der Waals surface area contributed by atoms with E-state index in [2.05, 4.69) is 0 Å². The van der Waals surface area contributed by atoms with Gasteiger partial charge in [0.15, 0.2) is 0 Å². The lowest BCUT2D eigenvalue weighted by Crippen LogP contribution is -2.32. The number of nitrogens with zero attached hydrogens (tertiary/aromatic N) is 1. The largest absolute Gasteiger partial charge is 0.465 e. The second-order valence-electron chi connectivity index (χ2n) is 3.83. The molecule has 1 aromatic heterocycles. The van der Waals surface area contributed by atoms with Gasteiger partial charge in [-0.2, -0.15) is 4.31 Å². The third-order valence-corrected chi connectivity index (χ3v) is 4.81. The van der Waals surface area contributed by atoms with E-state index in [1.165, 1.54) is 6.92 Å². The normalized spacial score (nSPS) is 12.7. The summed E-state index contributed by atoms with van der Waals surface area (Å²) in [5.74, 6) is 0.482. The molecule has 0 fully saturated rings. The van der Waals surface area contributed by atoms with Gasteiger partial charge in [0.2, 0.25) is 10.0 Å². The maximum absolute atomic E-state index is 12.3. The van der Waals surface area contributed by atoms with Crippen molar-refractivity contribution in [2.24, 2.45) is 0 Å². The lowest BCUT2D eigenvalue weighted by Gasteiger charge is -2.16. The minimum atomic E-state index is -4.01. The van der Waals surface area contributed by atoms with Crippen molar-refractivity contribution >= 4 is 21.6 Å². The van der Waals surface area contributed by atoms with E-state index in [-0.39, 0.29) is 16.5 Å². The number of sulfonamides is 1. The van der Waals surface area contributed by atoms with Gasteiger partial charge in [-0.25, -0.2) is 17.2 Å². The van der Waals surface area contributed by atoms with Crippen LogP contribution in [0.5, 0.6) is 0 Å². The van der Waals surface area contributed by atoms with E-state index in [1.807, 2.05) is 0 Å². The van der Waals surface area contributed by atoms with Crippen molar-refractivity contribution in [3.8, 4) is 0 Å². The van der Waals surface area contributed by atoms with Crippen molar-refractivity contribution in [2.45, 2.75) is 31.0 Å². The van der Waals surface area contributed by atoms with Crippen molar-refractivity contribution in [2.75, 3.05) is 13.6 Å². The smallest absolute Gasteiger partial charge is 0.252 e. The molecule has 0 aliphatic heterocycles. The van der Waals surface area contributed by atoms with E-state index >= 15 is 0 Å². The fourth-order valence-electron chi connectivity index (χ4n) is 1.65. The number of hydrogen-bond donors (Lipinski definition) is 0. The number of hydrogen-bond acceptors (Lipinski definition) is 3. The minimum absolute atomic E-state index is 0.0553. The molecule has 0 radical (unpaired) electrons. The summed E-state index contributed by atoms with van der Waals surface area (Å²) in [4.78, 5) is -0.113. The Labute approximate surface area is 110 Å². The van der Waals surface area contributed by atoms with Crippen LogP contribution in [0.15, 0.2) is 9.31 Å². The first-order valence-corrected chi connectivity index (χ1v) is 7.08. The number of halogens is 3. The molecule has 0 saturated carbocycles. The Morgan fingerprint density at radius 3 is 2.33 bits per heavy atom. The second kappa shape index (κ2) is 5.54. The second-order valence-corrected chi connectivity index (χ2v) is 6.08. The molecule has 0 spiro atoms. The molecule has 1 rings (SSSR count). The van der Waals surface area contributed by atoms with Gasteiger partial charge in [0.25, 0.3) is 6.43 Å². The Morgan fingerprint density at radius 1 is 1.33 bits per heavy atom. The number of rotatable bonds is 5. The molecular formula is C10H14ClF2NO3S. The van der Waals surface area contributed by atoms with Gasteiger partial charge in [-0.15, -0.1) is 11.6 Å². The highest BCUT2D eigenvalue weighted by atomic mass is 35.5. The van der Waals surface area contributed by atoms with E-state index in [0.29, 0.717) is 15.6 Å². The number of aryl methyl sites for hydroxylation is 2. The molecule has 0 aliphatic carbocycles. The highest BCUT2D eigenvalue weighted by Gasteiger charge is 2.31. The van der Waals surface area contributed by atoms with Crippen molar-refractivity contribution in [1.29, 1.82) is 0 Å². The summed E-state index contributed by atoms with van der Waals surface area (Å²) in [5.41, 5.74) is 0.315. The van der Waals surface area contributed by atoms with Crippen LogP contribution in [0.4, 0.5) is 8.78 Å². The SMILES string of the molecule is Cc1oc(C)c(S(=O)(=O)N(C)CC(F)F)c1CCl. The van der Waals surface area contributed by atoms with Crippen LogP contribution in [0, 0.1) is 13.8 Å². The summed E-state index contributed by atoms with van der Waals surface area (Å²) >= 11 is 5.68. The Balaban J connectivity index is 3.28. The highest BCUT2D eigenvalue weighted by molar-refractivity contribution is 7.89. The van der Waals surface area contributed by atoms with Gasteiger partial charge < -0.3 is 4.42 Å². The maximum atomic E-state index is 12.3. The fraction of sp³-hybridized carbons (Fsp3) is 0.600. The van der Waals surface area contributed by atoms with Gasteiger partial charge >= 0.3 is 0 Å². The van der Waals surface area contributed by atoms with Crippen LogP contribution in [-0.4, -0.2) is 32.7 Å². The molecule has 0 aromatic carbocycles. The van der Waals surface area contributed by atoms with Crippen molar-refractivity contribution in [3.05, 3.63) is 17.1 Å². The van der Waals surface area contributed by atoms with E-state index in [0.717, 1.165) is 7.05 Å². The fourth-order valence-corrected chi connectivity index (χ4v) is 3.60. The van der Waals surface area contributed by atoms with Crippen LogP contribution in [0.1, 0.15) is 17.1 Å². The van der Waals surface area contributed by atoms with Crippen LogP contribution in [-0.2, 0) is 15.9 Å². The molecule has 0 amide bonds. The molecule has 0 N–H and O–H groups in total. The summed E-state index contributed by atoms with van der Waals surface area (Å²) in [6.45, 7) is 2.18. The predicted molar refractivity (Wildman–Crippen MR) is 63.6 cm³/mol. The van der Waals surface area contributed by atoms with Crippen LogP contribution in [0.3, 0.4) is 0 Å². The van der Waals surface area contributed by atoms with Gasteiger partial charge in [-0.05, 0) is 13.8 Å². The average molecular weight is 302 g/mol. The van der Waals surface area contributed by atoms with Gasteiger partial charge in [-0.3, -0.25) is 0 Å². The van der Waals surface area contributed by atoms with Gasteiger partial charge in [0.1, 0.15) is 16.4 Å². The molecule has 104 valence electrons. The zero-order chi connectivity index (χ0) is 14.1. The number of furan rings is 1. The monoisotopic (exact) mass is 301 g/mol. The molecular weight excluding hydrogens is 288 g/mol. The lowest BCUT2D eigenvalue weighted by atomic mass is 10.3. The zero-order valence-electron chi connectivity index (χ0n) is 10.2. The van der Waals surface area contributed by atoms with Gasteiger partial charge in [0.05, 0.1) is 12.4 Å². The Bertz CT molecular complexity index is 527. The summed E-state index contributed by atoms with van der Waals surface area (Å²) in [6.07, 6.45) is -2.74. The Morgan fingerprint density at radius 2 is 1.89 bits per heavy atom. The summed E-state index contributed by atoms with van der Waals surface area (Å²) in [6, 6.07) is 0. The summed E-state index contributed by atoms with van der Waals surface area (Å²) < 4.78 is 54.6. The van der Waals surface area contributed by atoms with Crippen LogP contribution in [0.25, 0.3) is 0 Å². The molecule has 8 heteroatoms. The maximum Gasteiger partial charge on any atom is 0.252 e. The standard InChI is InChI=1S/C10H14ClF2NO3S/c1-6-8(4-11)10(7(2)17-6)18(15,16)14(3)5-9(12)13/h9H,4-5H2,1-3H3. The van der Waals surface area contributed by atoms with E-state index in [4.69, 9.17) is 16.0 Å². The highest BCUT2D eigenvalue weighted by Crippen LogP contribution is 2.30. The molecule has 4 nitrogen and oxygen atoms in total. The molecule has 1 aromatic rings. The number of alkyl halides is 3. The third-order valence-electron chi connectivity index (χ3n) is 2.52. The van der Waals surface area contributed by atoms with E-state index < -0.39 is 23.0 Å². The molecule has 0 aliphatic rings. The van der Waals surface area contributed by atoms with E-state index in [9.17, 15) is 17.2 Å². The van der Waals surface area contributed by atoms with Crippen LogP contribution in [0.2, 0.25) is 0 Å². The molecule has 0 unspecified atom stereocenters. The predicted octanol–water partition coefficient (Wildman–Crippen LogP) is 2.52. The van der Waals surface area contributed by atoms with Crippen molar-refractivity contribution < 1.29 is 21.6 Å². The summed E-state index contributed by atoms with van der Waals surface area (Å²) in [7, 11) is -2.91. The molecule has 0 atom stereocenters. The van der Waals surface area contributed by atoms with E-state index in [1.54, 1.807) is 6.92 Å². The topological polar surface area (TPSA) is 50.5 Å². The van der Waals surface area contributed by atoms with Crippen molar-refractivity contribution in [3.63, 3.8) is 0 Å².